The molecule has 8 nitrogen and oxygen atoms in total. The largest absolute Gasteiger partial charge is 0.379 e. The van der Waals surface area contributed by atoms with E-state index in [9.17, 15) is 14.9 Å². The normalized spacial score (nSPS) is 10.5. The summed E-state index contributed by atoms with van der Waals surface area (Å²) in [6.45, 7) is 2.08. The van der Waals surface area contributed by atoms with Crippen molar-refractivity contribution in [2.75, 3.05) is 17.2 Å². The third-order valence-electron chi connectivity index (χ3n) is 3.92. The number of halogens is 1. The van der Waals surface area contributed by atoms with Crippen LogP contribution in [0.4, 0.5) is 17.2 Å². The number of benzene rings is 2. The molecule has 1 amide bonds. The Hall–Kier alpha value is -3.39. The molecule has 3 rings (SSSR count). The molecule has 2 aromatic carbocycles. The van der Waals surface area contributed by atoms with Crippen LogP contribution < -0.4 is 10.6 Å². The summed E-state index contributed by atoms with van der Waals surface area (Å²) >= 11 is 6.04. The number of aromatic nitrogens is 2. The van der Waals surface area contributed by atoms with Gasteiger partial charge in [0.1, 0.15) is 11.5 Å². The van der Waals surface area contributed by atoms with E-state index < -0.39 is 4.92 Å². The summed E-state index contributed by atoms with van der Waals surface area (Å²) in [5.41, 5.74) is 1.82. The Morgan fingerprint density at radius 2 is 2.00 bits per heavy atom. The number of aryl methyl sites for hydroxylation is 1. The van der Waals surface area contributed by atoms with Crippen molar-refractivity contribution in [1.29, 1.82) is 0 Å². The zero-order chi connectivity index (χ0) is 20.1. The number of carbonyl (C=O) groups is 1. The van der Waals surface area contributed by atoms with E-state index in [1.807, 2.05) is 13.0 Å². The van der Waals surface area contributed by atoms with Crippen LogP contribution in [0.1, 0.15) is 12.1 Å². The molecule has 0 aliphatic carbocycles. The topological polar surface area (TPSA) is 102 Å². The van der Waals surface area contributed by atoms with Gasteiger partial charge >= 0.3 is 0 Å². The molecule has 1 aromatic heterocycles. The molecular weight excluding hydrogens is 382 g/mol. The van der Waals surface area contributed by atoms with Gasteiger partial charge in [0.05, 0.1) is 16.3 Å². The molecule has 0 saturated carbocycles. The van der Waals surface area contributed by atoms with Crippen LogP contribution in [0.5, 0.6) is 0 Å². The quantitative estimate of drug-likeness (QED) is 0.458. The minimum absolute atomic E-state index is 0.0300. The molecule has 0 saturated heterocycles. The molecule has 0 aliphatic heterocycles. The summed E-state index contributed by atoms with van der Waals surface area (Å²) in [5, 5.41) is 21.7. The molecule has 144 valence electrons. The second-order valence-corrected chi connectivity index (χ2v) is 6.50. The van der Waals surface area contributed by atoms with Gasteiger partial charge < -0.3 is 10.6 Å². The molecule has 3 aromatic rings. The van der Waals surface area contributed by atoms with Crippen molar-refractivity contribution < 1.29 is 9.72 Å². The minimum Gasteiger partial charge on any atom is -0.379 e. The van der Waals surface area contributed by atoms with Crippen LogP contribution >= 0.6 is 11.6 Å². The Balaban J connectivity index is 1.64. The van der Waals surface area contributed by atoms with Gasteiger partial charge in [0, 0.05) is 30.1 Å². The summed E-state index contributed by atoms with van der Waals surface area (Å²) in [4.78, 5) is 22.9. The SMILES string of the molecule is Cc1cc(NC(=O)CCNc2ccccc2[N+](=O)[O-])n(-c2cccc(Cl)c2)n1. The van der Waals surface area contributed by atoms with Gasteiger partial charge in [-0.2, -0.15) is 5.10 Å². The summed E-state index contributed by atoms with van der Waals surface area (Å²) in [5.74, 6) is 0.282. The van der Waals surface area contributed by atoms with E-state index in [4.69, 9.17) is 11.6 Å². The maximum Gasteiger partial charge on any atom is 0.292 e. The van der Waals surface area contributed by atoms with Crippen LogP contribution in [0.25, 0.3) is 5.69 Å². The second-order valence-electron chi connectivity index (χ2n) is 6.06. The van der Waals surface area contributed by atoms with Crippen LogP contribution in [0.15, 0.2) is 54.6 Å². The van der Waals surface area contributed by atoms with Gasteiger partial charge in [-0.1, -0.05) is 29.8 Å². The van der Waals surface area contributed by atoms with Crippen LogP contribution in [0.3, 0.4) is 0 Å². The molecule has 1 heterocycles. The molecule has 9 heteroatoms. The van der Waals surface area contributed by atoms with Gasteiger partial charge in [-0.15, -0.1) is 0 Å². The molecule has 0 aliphatic rings. The highest BCUT2D eigenvalue weighted by atomic mass is 35.5. The lowest BCUT2D eigenvalue weighted by atomic mass is 10.2. The Labute approximate surface area is 166 Å². The van der Waals surface area contributed by atoms with E-state index >= 15 is 0 Å². The summed E-state index contributed by atoms with van der Waals surface area (Å²) in [6.07, 6.45) is 0.131. The van der Waals surface area contributed by atoms with Gasteiger partial charge in [0.15, 0.2) is 0 Å². The fraction of sp³-hybridized carbons (Fsp3) is 0.158. The summed E-state index contributed by atoms with van der Waals surface area (Å²) in [7, 11) is 0. The fourth-order valence-corrected chi connectivity index (χ4v) is 2.88. The fourth-order valence-electron chi connectivity index (χ4n) is 2.69. The zero-order valence-corrected chi connectivity index (χ0v) is 15.8. The Morgan fingerprint density at radius 1 is 1.21 bits per heavy atom. The first-order chi connectivity index (χ1) is 13.4. The standard InChI is InChI=1S/C19H18ClN5O3/c1-13-11-18(24(23-13)15-6-4-5-14(20)12-15)22-19(26)9-10-21-16-7-2-3-8-17(16)25(27)28/h2-8,11-12,21H,9-10H2,1H3,(H,22,26). The van der Waals surface area contributed by atoms with Crippen molar-refractivity contribution in [2.24, 2.45) is 0 Å². The monoisotopic (exact) mass is 399 g/mol. The number of carbonyl (C=O) groups excluding carboxylic acids is 1. The van der Waals surface area contributed by atoms with Gasteiger partial charge in [-0.25, -0.2) is 4.68 Å². The third kappa shape index (κ3) is 4.66. The first-order valence-electron chi connectivity index (χ1n) is 8.54. The number of hydrogen-bond acceptors (Lipinski definition) is 5. The number of para-hydroxylation sites is 2. The van der Waals surface area contributed by atoms with E-state index in [0.717, 1.165) is 11.4 Å². The first-order valence-corrected chi connectivity index (χ1v) is 8.91. The first kappa shape index (κ1) is 19.4. The van der Waals surface area contributed by atoms with Gasteiger partial charge in [-0.05, 0) is 31.2 Å². The van der Waals surface area contributed by atoms with Gasteiger partial charge in [0.25, 0.3) is 5.69 Å². The maximum absolute atomic E-state index is 12.3. The average Bonchev–Trinajstić information content (AvgIpc) is 3.02. The van der Waals surface area contributed by atoms with Crippen LogP contribution in [-0.4, -0.2) is 27.2 Å². The number of nitro groups is 1. The van der Waals surface area contributed by atoms with E-state index in [1.165, 1.54) is 6.07 Å². The van der Waals surface area contributed by atoms with Gasteiger partial charge in [0.2, 0.25) is 5.91 Å². The number of hydrogen-bond donors (Lipinski definition) is 2. The minimum atomic E-state index is -0.464. The van der Waals surface area contributed by atoms with E-state index in [1.54, 1.807) is 47.1 Å². The highest BCUT2D eigenvalue weighted by molar-refractivity contribution is 6.30. The molecule has 0 bridgehead atoms. The molecule has 2 N–H and O–H groups in total. The highest BCUT2D eigenvalue weighted by Gasteiger charge is 2.14. The Kier molecular flexibility index (Phi) is 5.90. The lowest BCUT2D eigenvalue weighted by Crippen LogP contribution is -2.18. The van der Waals surface area contributed by atoms with Crippen molar-refractivity contribution in [3.8, 4) is 5.69 Å². The van der Waals surface area contributed by atoms with E-state index in [0.29, 0.717) is 16.5 Å². The predicted octanol–water partition coefficient (Wildman–Crippen LogP) is 4.18. The number of anilines is 2. The number of rotatable bonds is 7. The maximum atomic E-state index is 12.3. The lowest BCUT2D eigenvalue weighted by molar-refractivity contribution is -0.384. The lowest BCUT2D eigenvalue weighted by Gasteiger charge is -2.10. The number of nitrogens with one attached hydrogen (secondary N) is 2. The summed E-state index contributed by atoms with van der Waals surface area (Å²) < 4.78 is 1.61. The molecule has 0 spiro atoms. The Morgan fingerprint density at radius 3 is 2.75 bits per heavy atom. The van der Waals surface area contributed by atoms with Crippen molar-refractivity contribution in [3.05, 3.63) is 75.4 Å². The van der Waals surface area contributed by atoms with Crippen molar-refractivity contribution in [1.82, 2.24) is 9.78 Å². The molecule has 28 heavy (non-hydrogen) atoms. The Bertz CT molecular complexity index is 1020. The third-order valence-corrected chi connectivity index (χ3v) is 4.16. The van der Waals surface area contributed by atoms with Crippen LogP contribution in [0, 0.1) is 17.0 Å². The highest BCUT2D eigenvalue weighted by Crippen LogP contribution is 2.23. The molecule has 0 atom stereocenters. The summed E-state index contributed by atoms with van der Waals surface area (Å²) in [6, 6.07) is 15.2. The molecular formula is C19H18ClN5O3. The zero-order valence-electron chi connectivity index (χ0n) is 15.1. The molecule has 0 radical (unpaired) electrons. The molecule has 0 fully saturated rings. The van der Waals surface area contributed by atoms with Crippen LogP contribution in [-0.2, 0) is 4.79 Å². The average molecular weight is 400 g/mol. The van der Waals surface area contributed by atoms with E-state index in [-0.39, 0.29) is 24.6 Å². The van der Waals surface area contributed by atoms with Gasteiger partial charge in [-0.3, -0.25) is 14.9 Å². The van der Waals surface area contributed by atoms with E-state index in [2.05, 4.69) is 15.7 Å². The van der Waals surface area contributed by atoms with Crippen molar-refractivity contribution in [3.63, 3.8) is 0 Å². The van der Waals surface area contributed by atoms with Crippen molar-refractivity contribution >= 4 is 34.7 Å². The predicted molar refractivity (Wildman–Crippen MR) is 108 cm³/mol. The molecule has 0 unspecified atom stereocenters. The number of nitrogens with zero attached hydrogens (tertiary/aromatic N) is 3. The van der Waals surface area contributed by atoms with Crippen LogP contribution in [0.2, 0.25) is 5.02 Å². The number of amides is 1. The smallest absolute Gasteiger partial charge is 0.292 e. The second kappa shape index (κ2) is 8.53. The number of nitro benzene ring substituents is 1. The van der Waals surface area contributed by atoms with Crippen molar-refractivity contribution in [2.45, 2.75) is 13.3 Å².